The highest BCUT2D eigenvalue weighted by Crippen LogP contribution is 2.44. The van der Waals surface area contributed by atoms with Gasteiger partial charge in [-0.25, -0.2) is 9.98 Å². The zero-order chi connectivity index (χ0) is 37.0. The molecule has 1 aliphatic heterocycles. The van der Waals surface area contributed by atoms with E-state index in [9.17, 15) is 0 Å². The quantitative estimate of drug-likeness (QED) is 0.185. The Hall–Kier alpha value is -6.04. The van der Waals surface area contributed by atoms with E-state index in [0.717, 1.165) is 79.1 Å². The van der Waals surface area contributed by atoms with Gasteiger partial charge in [0.05, 0.1) is 0 Å². The Morgan fingerprint density at radius 1 is 0.714 bits per heavy atom. The van der Waals surface area contributed by atoms with Crippen molar-refractivity contribution in [1.82, 2.24) is 5.32 Å². The molecule has 2 unspecified atom stereocenters. The van der Waals surface area contributed by atoms with Gasteiger partial charge in [-0.05, 0) is 108 Å². The summed E-state index contributed by atoms with van der Waals surface area (Å²) in [6.45, 7) is 0. The summed E-state index contributed by atoms with van der Waals surface area (Å²) >= 11 is 1.93. The van der Waals surface area contributed by atoms with Crippen LogP contribution in [-0.4, -0.2) is 17.8 Å². The Morgan fingerprint density at radius 2 is 1.52 bits per heavy atom. The minimum absolute atomic E-state index is 0.262. The Morgan fingerprint density at radius 3 is 2.38 bits per heavy atom. The summed E-state index contributed by atoms with van der Waals surface area (Å²) in [6.07, 6.45) is 29.3. The van der Waals surface area contributed by atoms with E-state index in [-0.39, 0.29) is 12.1 Å². The van der Waals surface area contributed by atoms with Crippen molar-refractivity contribution in [3.63, 3.8) is 0 Å². The molecule has 272 valence electrons. The molecule has 4 nitrogen and oxygen atoms in total. The van der Waals surface area contributed by atoms with Gasteiger partial charge in [0.25, 0.3) is 0 Å². The van der Waals surface area contributed by atoms with Gasteiger partial charge in [0.15, 0.2) is 6.17 Å². The van der Waals surface area contributed by atoms with Crippen molar-refractivity contribution in [3.05, 3.63) is 184 Å². The Kier molecular flexibility index (Phi) is 8.28. The number of thiophene rings is 1. The molecule has 6 aromatic rings. The summed E-state index contributed by atoms with van der Waals surface area (Å²) < 4.78 is 9.33. The van der Waals surface area contributed by atoms with Crippen LogP contribution in [0.3, 0.4) is 0 Å². The van der Waals surface area contributed by atoms with Crippen LogP contribution in [0, 0.1) is 0 Å². The van der Waals surface area contributed by atoms with E-state index >= 15 is 0 Å². The number of nitrogens with one attached hydrogen (secondary N) is 1. The van der Waals surface area contributed by atoms with E-state index in [0.29, 0.717) is 0 Å². The lowest BCUT2D eigenvalue weighted by molar-refractivity contribution is 0.592. The van der Waals surface area contributed by atoms with E-state index in [1.807, 2.05) is 17.4 Å². The van der Waals surface area contributed by atoms with Gasteiger partial charge in [-0.3, -0.25) is 0 Å². The molecule has 4 aromatic carbocycles. The Labute approximate surface area is 331 Å². The van der Waals surface area contributed by atoms with E-state index < -0.39 is 0 Å². The second kappa shape index (κ2) is 13.9. The fourth-order valence-corrected chi connectivity index (χ4v) is 10.3. The minimum atomic E-state index is -0.316. The summed E-state index contributed by atoms with van der Waals surface area (Å²) in [5.41, 5.74) is 12.5. The predicted octanol–water partition coefficient (Wildman–Crippen LogP) is 13.0. The van der Waals surface area contributed by atoms with E-state index in [1.165, 1.54) is 64.5 Å². The first kappa shape index (κ1) is 33.3. The first-order valence-electron chi connectivity index (χ1n) is 20.0. The summed E-state index contributed by atoms with van der Waals surface area (Å²) in [4.78, 5) is 10.4. The number of fused-ring (bicyclic) bond motifs is 6. The molecule has 2 atom stereocenters. The largest absolute Gasteiger partial charge is 0.456 e. The molecular formula is C51H41N3OS. The number of furan rings is 1. The second-order valence-electron chi connectivity index (χ2n) is 15.4. The number of nitrogens with zero attached hydrogens (tertiary/aromatic N) is 2. The van der Waals surface area contributed by atoms with Crippen LogP contribution >= 0.6 is 11.3 Å². The average Bonchev–Trinajstić information content (AvgIpc) is 3.85. The van der Waals surface area contributed by atoms with Crippen molar-refractivity contribution < 1.29 is 4.42 Å². The molecule has 3 heterocycles. The smallest absolute Gasteiger partial charge is 0.169 e. The molecule has 4 aliphatic carbocycles. The molecule has 2 aromatic heterocycles. The predicted molar refractivity (Wildman–Crippen MR) is 236 cm³/mol. The normalized spacial score (nSPS) is 20.6. The van der Waals surface area contributed by atoms with E-state index in [2.05, 4.69) is 145 Å². The fourth-order valence-electron chi connectivity index (χ4n) is 9.11. The van der Waals surface area contributed by atoms with Crippen molar-refractivity contribution in [2.24, 2.45) is 9.98 Å². The zero-order valence-corrected chi connectivity index (χ0v) is 32.0. The standard InChI is InChI=1S/C51H41N3OS/c1-4-13-32(14-5-1)40-22-11-23-41-42-30-36(26-28-46(42)56-48(40)41)35-25-27-44-43(31-35)47-39(21-12-24-45(47)55-44)37-19-10-20-38(29-37)51-53-49(33-15-6-2-7-16-33)52-50(54-51)34-17-8-3-9-18-34/h1-4,6-8,11-13,15-17,20-30,35,51H,5,9-10,14,18-19,31H2,(H,52,53,54). The molecule has 0 bridgehead atoms. The summed E-state index contributed by atoms with van der Waals surface area (Å²) in [5.74, 6) is 3.04. The summed E-state index contributed by atoms with van der Waals surface area (Å²) in [7, 11) is 0. The molecule has 0 fully saturated rings. The molecule has 5 aliphatic rings. The van der Waals surface area contributed by atoms with Crippen molar-refractivity contribution in [2.75, 3.05) is 0 Å². The van der Waals surface area contributed by atoms with Crippen molar-refractivity contribution >= 4 is 71.4 Å². The van der Waals surface area contributed by atoms with Gasteiger partial charge in [0, 0.05) is 42.6 Å². The van der Waals surface area contributed by atoms with Crippen LogP contribution in [0.15, 0.2) is 165 Å². The third-order valence-electron chi connectivity index (χ3n) is 11.9. The Bertz CT molecular complexity index is 2870. The fraction of sp³-hybridized carbons (Fsp3) is 0.176. The highest BCUT2D eigenvalue weighted by Gasteiger charge is 2.27. The second-order valence-corrected chi connectivity index (χ2v) is 16.4. The number of hydrogen-bond donors (Lipinski definition) is 1. The molecule has 0 amide bonds. The molecule has 11 rings (SSSR count). The Balaban J connectivity index is 0.941. The minimum Gasteiger partial charge on any atom is -0.456 e. The number of hydrogen-bond acceptors (Lipinski definition) is 5. The maximum atomic E-state index is 6.58. The monoisotopic (exact) mass is 743 g/mol. The van der Waals surface area contributed by atoms with Crippen LogP contribution < -0.4 is 5.32 Å². The summed E-state index contributed by atoms with van der Waals surface area (Å²) in [5, 5.41) is 7.55. The maximum absolute atomic E-state index is 6.58. The molecule has 56 heavy (non-hydrogen) atoms. The number of rotatable bonds is 6. The molecule has 1 N–H and O–H groups in total. The first-order valence-corrected chi connectivity index (χ1v) is 20.8. The van der Waals surface area contributed by atoms with Crippen molar-refractivity contribution in [3.8, 4) is 0 Å². The SMILES string of the molecule is C1=CCCC(C2=NC(C3=CCCC(c4cccc5oc6c(c45)CC(c4ccc5sc7c(C8=CC=CCC8)cccc7c5c4)C=C6)=C3)N=C(c3ccccc3)N2)=C1. The highest BCUT2D eigenvalue weighted by atomic mass is 32.1. The number of amidine groups is 2. The molecule has 0 spiro atoms. The van der Waals surface area contributed by atoms with Crippen LogP contribution in [0.1, 0.15) is 78.0 Å². The van der Waals surface area contributed by atoms with Gasteiger partial charge in [-0.2, -0.15) is 0 Å². The maximum Gasteiger partial charge on any atom is 0.169 e. The van der Waals surface area contributed by atoms with Gasteiger partial charge in [0.2, 0.25) is 0 Å². The third-order valence-corrected chi connectivity index (χ3v) is 13.2. The van der Waals surface area contributed by atoms with Crippen LogP contribution in [-0.2, 0) is 6.42 Å². The zero-order valence-electron chi connectivity index (χ0n) is 31.2. The van der Waals surface area contributed by atoms with Gasteiger partial charge in [-0.1, -0.05) is 121 Å². The van der Waals surface area contributed by atoms with Crippen molar-refractivity contribution in [2.45, 2.75) is 57.0 Å². The van der Waals surface area contributed by atoms with Crippen LogP contribution in [0.25, 0.3) is 48.4 Å². The third kappa shape index (κ3) is 5.89. The molecule has 5 heteroatoms. The first-order chi connectivity index (χ1) is 27.7. The van der Waals surface area contributed by atoms with Crippen LogP contribution in [0.4, 0.5) is 0 Å². The molecular weight excluding hydrogens is 703 g/mol. The van der Waals surface area contributed by atoms with E-state index in [4.69, 9.17) is 14.4 Å². The molecule has 0 radical (unpaired) electrons. The van der Waals surface area contributed by atoms with E-state index in [1.54, 1.807) is 0 Å². The highest BCUT2D eigenvalue weighted by molar-refractivity contribution is 7.26. The molecule has 0 saturated carbocycles. The van der Waals surface area contributed by atoms with Crippen LogP contribution in [0.5, 0.6) is 0 Å². The van der Waals surface area contributed by atoms with Gasteiger partial charge >= 0.3 is 0 Å². The van der Waals surface area contributed by atoms with Gasteiger partial charge in [-0.15, -0.1) is 11.3 Å². The van der Waals surface area contributed by atoms with Crippen LogP contribution in [0.2, 0.25) is 0 Å². The molecule has 0 saturated heterocycles. The number of benzene rings is 4. The lowest BCUT2D eigenvalue weighted by atomic mass is 9.84. The lowest BCUT2D eigenvalue weighted by Crippen LogP contribution is -2.38. The van der Waals surface area contributed by atoms with Gasteiger partial charge in [0.1, 0.15) is 23.0 Å². The average molecular weight is 744 g/mol. The number of allylic oxidation sites excluding steroid dienone is 10. The van der Waals surface area contributed by atoms with Crippen molar-refractivity contribution in [1.29, 1.82) is 0 Å². The number of aliphatic imine (C=N–C) groups is 2. The lowest BCUT2D eigenvalue weighted by Gasteiger charge is -2.26. The topological polar surface area (TPSA) is 49.9 Å². The van der Waals surface area contributed by atoms with Gasteiger partial charge < -0.3 is 9.73 Å². The summed E-state index contributed by atoms with van der Waals surface area (Å²) in [6, 6.07) is 31.0.